The van der Waals surface area contributed by atoms with E-state index in [0.29, 0.717) is 12.5 Å². The number of nitrogens with one attached hydrogen (secondary N) is 1. The molecule has 1 amide bonds. The van der Waals surface area contributed by atoms with Crippen LogP contribution in [0.4, 0.5) is 11.4 Å². The molecule has 4 nitrogen and oxygen atoms in total. The molecule has 0 spiro atoms. The number of hydrogen-bond acceptors (Lipinski definition) is 3. The molecule has 2 unspecified atom stereocenters. The van der Waals surface area contributed by atoms with Crippen LogP contribution in [0, 0.1) is 5.92 Å². The highest BCUT2D eigenvalue weighted by atomic mass is 16.5. The first-order valence-electron chi connectivity index (χ1n) is 7.05. The summed E-state index contributed by atoms with van der Waals surface area (Å²) in [5.41, 5.74) is 1.94. The third-order valence-corrected chi connectivity index (χ3v) is 3.99. The third kappa shape index (κ3) is 1.95. The number of para-hydroxylation sites is 1. The van der Waals surface area contributed by atoms with Crippen LogP contribution in [0.5, 0.6) is 5.75 Å². The van der Waals surface area contributed by atoms with E-state index >= 15 is 0 Å². The van der Waals surface area contributed by atoms with Crippen LogP contribution in [-0.2, 0) is 4.79 Å². The normalized spacial score (nSPS) is 24.7. The van der Waals surface area contributed by atoms with E-state index in [1.54, 1.807) is 0 Å². The summed E-state index contributed by atoms with van der Waals surface area (Å²) < 4.78 is 5.74. The second-order valence-corrected chi connectivity index (χ2v) is 5.39. The fourth-order valence-electron chi connectivity index (χ4n) is 3.03. The molecule has 0 radical (unpaired) electrons. The molecule has 2 aliphatic rings. The zero-order valence-electron chi connectivity index (χ0n) is 11.5. The van der Waals surface area contributed by atoms with Crippen molar-refractivity contribution in [1.29, 1.82) is 0 Å². The average Bonchev–Trinajstić information content (AvgIpc) is 2.80. The minimum atomic E-state index is -0.0195. The summed E-state index contributed by atoms with van der Waals surface area (Å²) in [5, 5.41) is 3.03. The van der Waals surface area contributed by atoms with Gasteiger partial charge in [-0.05, 0) is 30.9 Å². The zero-order chi connectivity index (χ0) is 13.4. The van der Waals surface area contributed by atoms with Crippen molar-refractivity contribution in [3.8, 4) is 5.75 Å². The molecule has 2 atom stereocenters. The highest BCUT2D eigenvalue weighted by Gasteiger charge is 2.41. The van der Waals surface area contributed by atoms with E-state index in [0.717, 1.165) is 36.5 Å². The summed E-state index contributed by atoms with van der Waals surface area (Å²) in [5.74, 6) is 1.30. The van der Waals surface area contributed by atoms with Gasteiger partial charge in [-0.15, -0.1) is 0 Å². The highest BCUT2D eigenvalue weighted by Crippen LogP contribution is 2.43. The lowest BCUT2D eigenvalue weighted by Crippen LogP contribution is -2.46. The van der Waals surface area contributed by atoms with Crippen LogP contribution < -0.4 is 15.0 Å². The Morgan fingerprint density at radius 1 is 1.47 bits per heavy atom. The van der Waals surface area contributed by atoms with Crippen molar-refractivity contribution in [2.75, 3.05) is 23.4 Å². The van der Waals surface area contributed by atoms with Crippen molar-refractivity contribution in [2.24, 2.45) is 5.92 Å². The Morgan fingerprint density at radius 3 is 3.11 bits per heavy atom. The quantitative estimate of drug-likeness (QED) is 0.908. The standard InChI is InChI=1S/C15H20N2O2/c1-3-9-19-12-6-4-5-11-13(12)16-15(18)14-10(2)7-8-17(11)14/h4-6,10,14H,3,7-9H2,1-2H3,(H,16,18). The molecule has 0 aliphatic carbocycles. The van der Waals surface area contributed by atoms with E-state index in [-0.39, 0.29) is 11.9 Å². The molecule has 1 aromatic carbocycles. The lowest BCUT2D eigenvalue weighted by Gasteiger charge is -2.35. The van der Waals surface area contributed by atoms with Crippen LogP contribution in [0.15, 0.2) is 18.2 Å². The molecular formula is C15H20N2O2. The lowest BCUT2D eigenvalue weighted by atomic mass is 10.00. The summed E-state index contributed by atoms with van der Waals surface area (Å²) in [4.78, 5) is 14.5. The van der Waals surface area contributed by atoms with E-state index < -0.39 is 0 Å². The van der Waals surface area contributed by atoms with Gasteiger partial charge in [0.2, 0.25) is 5.91 Å². The number of carbonyl (C=O) groups excluding carboxylic acids is 1. The number of rotatable bonds is 3. The smallest absolute Gasteiger partial charge is 0.247 e. The maximum Gasteiger partial charge on any atom is 0.247 e. The molecule has 0 aromatic heterocycles. The van der Waals surface area contributed by atoms with Gasteiger partial charge in [-0.3, -0.25) is 4.79 Å². The number of carbonyl (C=O) groups is 1. The molecule has 102 valence electrons. The third-order valence-electron chi connectivity index (χ3n) is 3.99. The van der Waals surface area contributed by atoms with Crippen LogP contribution in [0.1, 0.15) is 26.7 Å². The molecular weight excluding hydrogens is 240 g/mol. The first-order valence-corrected chi connectivity index (χ1v) is 7.05. The van der Waals surface area contributed by atoms with Gasteiger partial charge in [0.05, 0.1) is 12.3 Å². The van der Waals surface area contributed by atoms with E-state index in [1.807, 2.05) is 12.1 Å². The second-order valence-electron chi connectivity index (χ2n) is 5.39. The summed E-state index contributed by atoms with van der Waals surface area (Å²) >= 11 is 0. The van der Waals surface area contributed by atoms with Gasteiger partial charge in [-0.1, -0.05) is 19.9 Å². The number of ether oxygens (including phenoxy) is 1. The minimum Gasteiger partial charge on any atom is -0.491 e. The summed E-state index contributed by atoms with van der Waals surface area (Å²) in [6.07, 6.45) is 2.03. The Bertz CT molecular complexity index is 501. The Labute approximate surface area is 113 Å². The molecule has 1 aromatic rings. The van der Waals surface area contributed by atoms with E-state index in [1.165, 1.54) is 0 Å². The second kappa shape index (κ2) is 4.76. The van der Waals surface area contributed by atoms with Gasteiger partial charge in [0.25, 0.3) is 0 Å². The van der Waals surface area contributed by atoms with Crippen LogP contribution in [0.3, 0.4) is 0 Å². The van der Waals surface area contributed by atoms with Crippen LogP contribution in [0.2, 0.25) is 0 Å². The molecule has 3 rings (SSSR count). The minimum absolute atomic E-state index is 0.0195. The van der Waals surface area contributed by atoms with Crippen LogP contribution in [-0.4, -0.2) is 25.1 Å². The zero-order valence-corrected chi connectivity index (χ0v) is 11.5. The van der Waals surface area contributed by atoms with E-state index in [9.17, 15) is 4.79 Å². The number of amides is 1. The van der Waals surface area contributed by atoms with Gasteiger partial charge >= 0.3 is 0 Å². The molecule has 1 fully saturated rings. The van der Waals surface area contributed by atoms with Crippen molar-refractivity contribution >= 4 is 17.3 Å². The highest BCUT2D eigenvalue weighted by molar-refractivity contribution is 6.05. The molecule has 1 N–H and O–H groups in total. The molecule has 19 heavy (non-hydrogen) atoms. The largest absolute Gasteiger partial charge is 0.491 e. The van der Waals surface area contributed by atoms with Crippen molar-refractivity contribution in [3.05, 3.63) is 18.2 Å². The lowest BCUT2D eigenvalue weighted by molar-refractivity contribution is -0.118. The predicted octanol–water partition coefficient (Wildman–Crippen LogP) is 2.64. The number of hydrogen-bond donors (Lipinski definition) is 1. The molecule has 2 aliphatic heterocycles. The van der Waals surface area contributed by atoms with E-state index in [4.69, 9.17) is 4.74 Å². The first-order chi connectivity index (χ1) is 9.22. The molecule has 0 saturated carbocycles. The number of nitrogens with zero attached hydrogens (tertiary/aromatic N) is 1. The number of anilines is 2. The Kier molecular flexibility index (Phi) is 3.09. The van der Waals surface area contributed by atoms with Crippen molar-refractivity contribution in [3.63, 3.8) is 0 Å². The number of benzene rings is 1. The molecule has 2 heterocycles. The molecule has 0 bridgehead atoms. The Balaban J connectivity index is 1.98. The fourth-order valence-corrected chi connectivity index (χ4v) is 3.03. The first kappa shape index (κ1) is 12.3. The molecule has 1 saturated heterocycles. The van der Waals surface area contributed by atoms with Crippen LogP contribution >= 0.6 is 0 Å². The van der Waals surface area contributed by atoms with Gasteiger partial charge in [-0.25, -0.2) is 0 Å². The Morgan fingerprint density at radius 2 is 2.32 bits per heavy atom. The topological polar surface area (TPSA) is 41.6 Å². The molecule has 4 heteroatoms. The van der Waals surface area contributed by atoms with Crippen molar-refractivity contribution in [1.82, 2.24) is 0 Å². The fraction of sp³-hybridized carbons (Fsp3) is 0.533. The maximum atomic E-state index is 12.3. The summed E-state index contributed by atoms with van der Waals surface area (Å²) in [6, 6.07) is 5.98. The monoisotopic (exact) mass is 260 g/mol. The van der Waals surface area contributed by atoms with Gasteiger partial charge in [0.15, 0.2) is 0 Å². The predicted molar refractivity (Wildman–Crippen MR) is 75.8 cm³/mol. The number of fused-ring (bicyclic) bond motifs is 3. The van der Waals surface area contributed by atoms with Crippen molar-refractivity contribution in [2.45, 2.75) is 32.7 Å². The van der Waals surface area contributed by atoms with Gasteiger partial charge < -0.3 is 15.0 Å². The SMILES string of the molecule is CCCOc1cccc2c1NC(=O)C1C(C)CCN21. The van der Waals surface area contributed by atoms with E-state index in [2.05, 4.69) is 30.1 Å². The summed E-state index contributed by atoms with van der Waals surface area (Å²) in [7, 11) is 0. The summed E-state index contributed by atoms with van der Waals surface area (Å²) in [6.45, 7) is 5.84. The van der Waals surface area contributed by atoms with Gasteiger partial charge in [0.1, 0.15) is 17.5 Å². The maximum absolute atomic E-state index is 12.3. The van der Waals surface area contributed by atoms with Crippen LogP contribution in [0.25, 0.3) is 0 Å². The van der Waals surface area contributed by atoms with Crippen molar-refractivity contribution < 1.29 is 9.53 Å². The van der Waals surface area contributed by atoms with Gasteiger partial charge in [0, 0.05) is 6.54 Å². The van der Waals surface area contributed by atoms with Gasteiger partial charge in [-0.2, -0.15) is 0 Å². The average molecular weight is 260 g/mol. The Hall–Kier alpha value is -1.71.